The summed E-state index contributed by atoms with van der Waals surface area (Å²) in [5.41, 5.74) is 9.78. The minimum absolute atomic E-state index is 0.0552. The van der Waals surface area contributed by atoms with Crippen LogP contribution in [0.3, 0.4) is 0 Å². The molecule has 5 heteroatoms. The highest BCUT2D eigenvalue weighted by Crippen LogP contribution is 2.37. The minimum atomic E-state index is -0.428. The Balaban J connectivity index is 1.91. The van der Waals surface area contributed by atoms with Crippen molar-refractivity contribution in [2.75, 3.05) is 18.9 Å². The molecule has 0 aliphatic carbocycles. The molecule has 162 valence electrons. The average Bonchev–Trinajstić information content (AvgIpc) is 2.73. The third kappa shape index (κ3) is 6.01. The second kappa shape index (κ2) is 9.56. The summed E-state index contributed by atoms with van der Waals surface area (Å²) in [5.74, 6) is 1.22. The number of benzene rings is 3. The fraction of sp³-hybridized carbons (Fsp3) is 0.269. The molecule has 0 aromatic heterocycles. The maximum absolute atomic E-state index is 11.7. The first-order valence-corrected chi connectivity index (χ1v) is 10.3. The van der Waals surface area contributed by atoms with Crippen LogP contribution < -0.4 is 15.2 Å². The van der Waals surface area contributed by atoms with Crippen LogP contribution in [0, 0.1) is 0 Å². The van der Waals surface area contributed by atoms with Gasteiger partial charge in [0.05, 0.1) is 6.61 Å². The van der Waals surface area contributed by atoms with Crippen LogP contribution in [-0.2, 0) is 14.9 Å². The maximum atomic E-state index is 11.7. The van der Waals surface area contributed by atoms with Crippen LogP contribution in [0.25, 0.3) is 11.1 Å². The molecular weight excluding hydrogens is 390 g/mol. The maximum Gasteiger partial charge on any atom is 0.344 e. The van der Waals surface area contributed by atoms with E-state index < -0.39 is 5.97 Å². The molecule has 0 aliphatic heterocycles. The van der Waals surface area contributed by atoms with Crippen molar-refractivity contribution in [1.29, 1.82) is 0 Å². The summed E-state index contributed by atoms with van der Waals surface area (Å²) < 4.78 is 16.8. The largest absolute Gasteiger partial charge is 0.478 e. The molecular formula is C26H29NO4. The first kappa shape index (κ1) is 22.2. The number of carbonyl (C=O) groups excluding carboxylic acids is 1. The van der Waals surface area contributed by atoms with Crippen LogP contribution in [0.4, 0.5) is 5.69 Å². The Bertz CT molecular complexity index is 1040. The van der Waals surface area contributed by atoms with E-state index in [4.69, 9.17) is 19.9 Å². The molecule has 3 rings (SSSR count). The molecule has 3 aromatic rings. The van der Waals surface area contributed by atoms with E-state index in [2.05, 4.69) is 32.9 Å². The first-order chi connectivity index (χ1) is 14.8. The number of esters is 1. The van der Waals surface area contributed by atoms with Gasteiger partial charge in [-0.3, -0.25) is 0 Å². The molecule has 5 nitrogen and oxygen atoms in total. The number of rotatable bonds is 7. The molecule has 0 fully saturated rings. The molecule has 0 spiro atoms. The second-order valence-corrected chi connectivity index (χ2v) is 8.26. The van der Waals surface area contributed by atoms with Crippen molar-refractivity contribution in [1.82, 2.24) is 0 Å². The number of hydrogen-bond acceptors (Lipinski definition) is 5. The predicted octanol–water partition coefficient (Wildman–Crippen LogP) is 5.97. The van der Waals surface area contributed by atoms with Crippen LogP contribution in [-0.4, -0.2) is 19.2 Å². The number of nitrogens with two attached hydrogens (primary N) is 1. The summed E-state index contributed by atoms with van der Waals surface area (Å²) in [5, 5.41) is 0. The molecule has 2 N–H and O–H groups in total. The van der Waals surface area contributed by atoms with Crippen molar-refractivity contribution in [3.63, 3.8) is 0 Å². The van der Waals surface area contributed by atoms with Gasteiger partial charge in [0, 0.05) is 5.69 Å². The molecule has 0 atom stereocenters. The molecule has 0 bridgehead atoms. The Kier molecular flexibility index (Phi) is 6.85. The Labute approximate surface area is 183 Å². The fourth-order valence-electron chi connectivity index (χ4n) is 3.09. The quantitative estimate of drug-likeness (QED) is 0.377. The summed E-state index contributed by atoms with van der Waals surface area (Å²) >= 11 is 0. The van der Waals surface area contributed by atoms with Crippen LogP contribution >= 0.6 is 0 Å². The molecule has 0 amide bonds. The summed E-state index contributed by atoms with van der Waals surface area (Å²) in [6, 6.07) is 21.2. The fourth-order valence-corrected chi connectivity index (χ4v) is 3.09. The lowest BCUT2D eigenvalue weighted by Gasteiger charge is -2.19. The van der Waals surface area contributed by atoms with E-state index in [-0.39, 0.29) is 12.0 Å². The lowest BCUT2D eigenvalue weighted by Crippen LogP contribution is -2.14. The van der Waals surface area contributed by atoms with Gasteiger partial charge < -0.3 is 19.9 Å². The average molecular weight is 420 g/mol. The monoisotopic (exact) mass is 419 g/mol. The lowest BCUT2D eigenvalue weighted by molar-refractivity contribution is -0.145. The number of ether oxygens (including phenoxy) is 3. The van der Waals surface area contributed by atoms with E-state index >= 15 is 0 Å². The number of anilines is 1. The van der Waals surface area contributed by atoms with Gasteiger partial charge >= 0.3 is 5.97 Å². The highest BCUT2D eigenvalue weighted by atomic mass is 16.6. The predicted molar refractivity (Wildman–Crippen MR) is 124 cm³/mol. The molecule has 0 aliphatic rings. The van der Waals surface area contributed by atoms with Gasteiger partial charge in [-0.2, -0.15) is 0 Å². The SMILES string of the molecule is CCOC(=O)COc1ccc(-c2cccc(N)c2)cc1Oc1ccc(C(C)(C)C)cc1. The molecule has 0 radical (unpaired) electrons. The molecule has 31 heavy (non-hydrogen) atoms. The van der Waals surface area contributed by atoms with Crippen molar-refractivity contribution in [2.45, 2.75) is 33.1 Å². The van der Waals surface area contributed by atoms with Gasteiger partial charge in [-0.1, -0.05) is 51.1 Å². The van der Waals surface area contributed by atoms with Crippen LogP contribution in [0.5, 0.6) is 17.2 Å². The number of nitrogen functional groups attached to an aromatic ring is 1. The molecule has 0 heterocycles. The van der Waals surface area contributed by atoms with Crippen molar-refractivity contribution in [2.24, 2.45) is 0 Å². The van der Waals surface area contributed by atoms with Crippen molar-refractivity contribution < 1.29 is 19.0 Å². The second-order valence-electron chi connectivity index (χ2n) is 8.26. The molecule has 0 saturated carbocycles. The van der Waals surface area contributed by atoms with Crippen LogP contribution in [0.1, 0.15) is 33.3 Å². The summed E-state index contributed by atoms with van der Waals surface area (Å²) in [6.45, 7) is 8.37. The first-order valence-electron chi connectivity index (χ1n) is 10.3. The topological polar surface area (TPSA) is 70.8 Å². The third-order valence-electron chi connectivity index (χ3n) is 4.76. The molecule has 0 saturated heterocycles. The Hall–Kier alpha value is -3.47. The summed E-state index contributed by atoms with van der Waals surface area (Å²) in [4.78, 5) is 11.7. The van der Waals surface area contributed by atoms with E-state index in [0.717, 1.165) is 11.1 Å². The summed E-state index contributed by atoms with van der Waals surface area (Å²) in [7, 11) is 0. The zero-order valence-corrected chi connectivity index (χ0v) is 18.5. The normalized spacial score (nSPS) is 11.1. The zero-order valence-electron chi connectivity index (χ0n) is 18.5. The van der Waals surface area contributed by atoms with E-state index in [1.54, 1.807) is 13.0 Å². The Morgan fingerprint density at radius 2 is 1.61 bits per heavy atom. The lowest BCUT2D eigenvalue weighted by atomic mass is 9.87. The van der Waals surface area contributed by atoms with Gasteiger partial charge in [-0.15, -0.1) is 0 Å². The van der Waals surface area contributed by atoms with Gasteiger partial charge in [0.1, 0.15) is 5.75 Å². The smallest absolute Gasteiger partial charge is 0.344 e. The molecule has 0 unspecified atom stereocenters. The van der Waals surface area contributed by atoms with Gasteiger partial charge in [-0.05, 0) is 65.4 Å². The number of carbonyl (C=O) groups is 1. The number of hydrogen-bond donors (Lipinski definition) is 1. The van der Waals surface area contributed by atoms with Gasteiger partial charge in [0.15, 0.2) is 18.1 Å². The molecule has 3 aromatic carbocycles. The van der Waals surface area contributed by atoms with Gasteiger partial charge in [0.2, 0.25) is 0 Å². The van der Waals surface area contributed by atoms with Crippen molar-refractivity contribution in [3.8, 4) is 28.4 Å². The van der Waals surface area contributed by atoms with Crippen LogP contribution in [0.15, 0.2) is 66.7 Å². The Morgan fingerprint density at radius 1 is 0.903 bits per heavy atom. The van der Waals surface area contributed by atoms with Gasteiger partial charge in [-0.25, -0.2) is 4.79 Å². The highest BCUT2D eigenvalue weighted by Gasteiger charge is 2.15. The third-order valence-corrected chi connectivity index (χ3v) is 4.76. The summed E-state index contributed by atoms with van der Waals surface area (Å²) in [6.07, 6.45) is 0. The van der Waals surface area contributed by atoms with Gasteiger partial charge in [0.25, 0.3) is 0 Å². The minimum Gasteiger partial charge on any atom is -0.478 e. The van der Waals surface area contributed by atoms with E-state index in [0.29, 0.717) is 29.5 Å². The highest BCUT2D eigenvalue weighted by molar-refractivity contribution is 5.72. The van der Waals surface area contributed by atoms with E-state index in [9.17, 15) is 4.79 Å². The van der Waals surface area contributed by atoms with Crippen molar-refractivity contribution in [3.05, 3.63) is 72.3 Å². The Morgan fingerprint density at radius 3 is 2.26 bits per heavy atom. The van der Waals surface area contributed by atoms with Crippen LogP contribution in [0.2, 0.25) is 0 Å². The zero-order chi connectivity index (χ0) is 22.4. The van der Waals surface area contributed by atoms with E-state index in [1.165, 1.54) is 5.56 Å². The van der Waals surface area contributed by atoms with E-state index in [1.807, 2.05) is 48.5 Å². The standard InChI is InChI=1S/C26H29NO4/c1-5-29-25(28)17-30-23-14-9-19(18-7-6-8-21(27)15-18)16-24(23)31-22-12-10-20(11-13-22)26(2,3)4/h6-16H,5,17,27H2,1-4H3. The van der Waals surface area contributed by atoms with Crippen molar-refractivity contribution >= 4 is 11.7 Å².